The van der Waals surface area contributed by atoms with Crippen molar-refractivity contribution in [2.24, 2.45) is 0 Å². The van der Waals surface area contributed by atoms with E-state index in [4.69, 9.17) is 0 Å². The van der Waals surface area contributed by atoms with E-state index in [2.05, 4.69) is 30.7 Å². The van der Waals surface area contributed by atoms with E-state index in [0.29, 0.717) is 5.82 Å². The number of aromatic nitrogens is 2. The van der Waals surface area contributed by atoms with Crippen molar-refractivity contribution in [3.63, 3.8) is 0 Å². The van der Waals surface area contributed by atoms with Gasteiger partial charge in [-0.1, -0.05) is 20.8 Å². The Bertz CT molecular complexity index is 640. The third kappa shape index (κ3) is 2.59. The number of H-pyrrole nitrogens is 1. The molecule has 6 heteroatoms. The summed E-state index contributed by atoms with van der Waals surface area (Å²) in [6.45, 7) is 6.39. The quantitative estimate of drug-likeness (QED) is 0.752. The van der Waals surface area contributed by atoms with Crippen LogP contribution in [0, 0.1) is 3.57 Å². The van der Waals surface area contributed by atoms with E-state index in [9.17, 15) is 9.90 Å². The van der Waals surface area contributed by atoms with Gasteiger partial charge in [0, 0.05) is 4.88 Å². The fourth-order valence-corrected chi connectivity index (χ4v) is 2.70. The number of aromatic hydroxyl groups is 1. The summed E-state index contributed by atoms with van der Waals surface area (Å²) in [6, 6.07) is 3.94. The summed E-state index contributed by atoms with van der Waals surface area (Å²) >= 11 is 3.34. The smallest absolute Gasteiger partial charge is 0.268 e. The molecule has 18 heavy (non-hydrogen) atoms. The van der Waals surface area contributed by atoms with E-state index < -0.39 is 0 Å². The first-order valence-corrected chi connectivity index (χ1v) is 7.28. The normalized spacial score (nSPS) is 11.8. The molecule has 96 valence electrons. The first kappa shape index (κ1) is 13.5. The zero-order chi connectivity index (χ0) is 13.5. The van der Waals surface area contributed by atoms with Gasteiger partial charge in [-0.05, 0) is 40.1 Å². The van der Waals surface area contributed by atoms with Crippen molar-refractivity contribution in [1.82, 2.24) is 9.97 Å². The van der Waals surface area contributed by atoms with Crippen LogP contribution in [0.3, 0.4) is 0 Å². The molecular formula is C12H13IN2O2S. The summed E-state index contributed by atoms with van der Waals surface area (Å²) in [4.78, 5) is 20.3. The van der Waals surface area contributed by atoms with Crippen LogP contribution in [-0.2, 0) is 5.41 Å². The van der Waals surface area contributed by atoms with Crippen LogP contribution in [0.4, 0.5) is 0 Å². The minimum absolute atomic E-state index is 0.0639. The molecule has 0 spiro atoms. The molecule has 2 heterocycles. The van der Waals surface area contributed by atoms with Crippen LogP contribution >= 0.6 is 33.9 Å². The number of hydrogen-bond donors (Lipinski definition) is 2. The summed E-state index contributed by atoms with van der Waals surface area (Å²) in [7, 11) is 0. The van der Waals surface area contributed by atoms with E-state index in [0.717, 1.165) is 4.88 Å². The molecule has 0 aliphatic heterocycles. The van der Waals surface area contributed by atoms with Gasteiger partial charge in [0.15, 0.2) is 5.82 Å². The van der Waals surface area contributed by atoms with Crippen molar-refractivity contribution < 1.29 is 5.11 Å². The fourth-order valence-electron chi connectivity index (χ4n) is 1.43. The van der Waals surface area contributed by atoms with Crippen molar-refractivity contribution in [3.05, 3.63) is 30.9 Å². The van der Waals surface area contributed by atoms with Crippen LogP contribution in [-0.4, -0.2) is 15.1 Å². The molecule has 0 aromatic carbocycles. The van der Waals surface area contributed by atoms with Crippen LogP contribution in [0.15, 0.2) is 16.9 Å². The molecule has 0 atom stereocenters. The third-order valence-electron chi connectivity index (χ3n) is 2.42. The highest BCUT2D eigenvalue weighted by Gasteiger charge is 2.18. The molecule has 0 bridgehead atoms. The van der Waals surface area contributed by atoms with Crippen LogP contribution < -0.4 is 5.56 Å². The first-order valence-electron chi connectivity index (χ1n) is 5.38. The van der Waals surface area contributed by atoms with Gasteiger partial charge in [0.1, 0.15) is 3.57 Å². The van der Waals surface area contributed by atoms with Gasteiger partial charge in [-0.2, -0.15) is 4.98 Å². The van der Waals surface area contributed by atoms with Crippen molar-refractivity contribution in [3.8, 4) is 16.6 Å². The molecule has 2 N–H and O–H groups in total. The largest absolute Gasteiger partial charge is 0.492 e. The molecule has 0 saturated carbocycles. The minimum atomic E-state index is -0.316. The van der Waals surface area contributed by atoms with Crippen molar-refractivity contribution >= 4 is 33.9 Å². The molecule has 0 fully saturated rings. The average molecular weight is 376 g/mol. The number of nitrogens with zero attached hydrogens (tertiary/aromatic N) is 1. The van der Waals surface area contributed by atoms with Crippen LogP contribution in [0.1, 0.15) is 25.6 Å². The maximum Gasteiger partial charge on any atom is 0.268 e. The number of hydrogen-bond acceptors (Lipinski definition) is 4. The summed E-state index contributed by atoms with van der Waals surface area (Å²) in [6.07, 6.45) is 0. The molecule has 0 amide bonds. The van der Waals surface area contributed by atoms with E-state index in [1.165, 1.54) is 4.88 Å². The zero-order valence-corrected chi connectivity index (χ0v) is 13.2. The van der Waals surface area contributed by atoms with E-state index in [-0.39, 0.29) is 20.4 Å². The lowest BCUT2D eigenvalue weighted by atomic mass is 9.95. The first-order chi connectivity index (χ1) is 8.29. The molecular weight excluding hydrogens is 363 g/mol. The summed E-state index contributed by atoms with van der Waals surface area (Å²) in [5.74, 6) is 0.193. The molecule has 2 aromatic rings. The number of nitrogens with one attached hydrogen (secondary N) is 1. The van der Waals surface area contributed by atoms with Gasteiger partial charge in [0.05, 0.1) is 4.88 Å². The summed E-state index contributed by atoms with van der Waals surface area (Å²) < 4.78 is 0.212. The summed E-state index contributed by atoms with van der Waals surface area (Å²) in [5, 5.41) is 9.57. The Balaban J connectivity index is 2.50. The third-order valence-corrected chi connectivity index (χ3v) is 4.91. The fraction of sp³-hybridized carbons (Fsp3) is 0.333. The van der Waals surface area contributed by atoms with E-state index in [1.54, 1.807) is 33.9 Å². The highest BCUT2D eigenvalue weighted by atomic mass is 127. The Morgan fingerprint density at radius 3 is 2.56 bits per heavy atom. The highest BCUT2D eigenvalue weighted by molar-refractivity contribution is 14.1. The van der Waals surface area contributed by atoms with Crippen LogP contribution in [0.5, 0.6) is 5.88 Å². The molecule has 0 unspecified atom stereocenters. The van der Waals surface area contributed by atoms with Gasteiger partial charge in [0.25, 0.3) is 5.56 Å². The molecule has 2 aromatic heterocycles. The van der Waals surface area contributed by atoms with Gasteiger partial charge >= 0.3 is 0 Å². The Kier molecular flexibility index (Phi) is 3.50. The van der Waals surface area contributed by atoms with Gasteiger partial charge in [-0.15, -0.1) is 11.3 Å². The van der Waals surface area contributed by atoms with E-state index in [1.807, 2.05) is 12.1 Å². The maximum absolute atomic E-state index is 11.6. The SMILES string of the molecule is CC(C)(C)c1ccc(-c2nc(O)c(I)c(=O)[nH]2)s1. The Labute approximate surface area is 122 Å². The Morgan fingerprint density at radius 1 is 1.39 bits per heavy atom. The Hall–Kier alpha value is -0.890. The number of rotatable bonds is 1. The second-order valence-electron chi connectivity index (χ2n) is 4.97. The molecule has 0 aliphatic carbocycles. The van der Waals surface area contributed by atoms with Crippen molar-refractivity contribution in [2.75, 3.05) is 0 Å². The van der Waals surface area contributed by atoms with Crippen molar-refractivity contribution in [2.45, 2.75) is 26.2 Å². The average Bonchev–Trinajstić information content (AvgIpc) is 2.73. The molecule has 0 radical (unpaired) electrons. The summed E-state index contributed by atoms with van der Waals surface area (Å²) in [5.41, 5.74) is -0.252. The van der Waals surface area contributed by atoms with Gasteiger partial charge in [0.2, 0.25) is 5.88 Å². The topological polar surface area (TPSA) is 66.0 Å². The number of halogens is 1. The van der Waals surface area contributed by atoms with Gasteiger partial charge in [-0.25, -0.2) is 0 Å². The predicted octanol–water partition coefficient (Wildman–Crippen LogP) is 3.11. The lowest BCUT2D eigenvalue weighted by Crippen LogP contribution is -2.11. The van der Waals surface area contributed by atoms with Crippen molar-refractivity contribution in [1.29, 1.82) is 0 Å². The molecule has 2 rings (SSSR count). The number of aromatic amines is 1. The maximum atomic E-state index is 11.6. The molecule has 4 nitrogen and oxygen atoms in total. The zero-order valence-electron chi connectivity index (χ0n) is 10.2. The predicted molar refractivity (Wildman–Crippen MR) is 81.3 cm³/mol. The lowest BCUT2D eigenvalue weighted by molar-refractivity contribution is 0.447. The molecule has 0 aliphatic rings. The monoisotopic (exact) mass is 376 g/mol. The number of thiophene rings is 1. The highest BCUT2D eigenvalue weighted by Crippen LogP contribution is 2.33. The second-order valence-corrected chi connectivity index (χ2v) is 7.13. The Morgan fingerprint density at radius 2 is 2.06 bits per heavy atom. The van der Waals surface area contributed by atoms with E-state index >= 15 is 0 Å². The standard InChI is InChI=1S/C12H13IN2O2S/c1-12(2,3)7-5-4-6(18-7)9-14-10(16)8(13)11(17)15-9/h4-5H,1-3H3,(H2,14,15,16,17). The minimum Gasteiger partial charge on any atom is -0.492 e. The van der Waals surface area contributed by atoms with Gasteiger partial charge in [-0.3, -0.25) is 4.79 Å². The second kappa shape index (κ2) is 4.65. The molecule has 0 saturated heterocycles. The van der Waals surface area contributed by atoms with Crippen LogP contribution in [0.2, 0.25) is 0 Å². The lowest BCUT2D eigenvalue weighted by Gasteiger charge is -2.15. The van der Waals surface area contributed by atoms with Crippen LogP contribution in [0.25, 0.3) is 10.7 Å². The van der Waals surface area contributed by atoms with Gasteiger partial charge < -0.3 is 10.1 Å².